The van der Waals surface area contributed by atoms with E-state index in [0.29, 0.717) is 11.3 Å². The molecule has 6 heteroatoms. The fourth-order valence-corrected chi connectivity index (χ4v) is 1.03. The second-order valence-corrected chi connectivity index (χ2v) is 3.07. The molecule has 0 fully saturated rings. The molecule has 0 saturated carbocycles. The highest BCUT2D eigenvalue weighted by Gasteiger charge is 2.04. The zero-order chi connectivity index (χ0) is 11.3. The third-order valence-electron chi connectivity index (χ3n) is 1.63. The molecule has 1 aromatic rings. The summed E-state index contributed by atoms with van der Waals surface area (Å²) in [5.74, 6) is 0.405. The van der Waals surface area contributed by atoms with Gasteiger partial charge in [0.05, 0.1) is 13.3 Å². The van der Waals surface area contributed by atoms with E-state index < -0.39 is 0 Å². The summed E-state index contributed by atoms with van der Waals surface area (Å²) < 4.78 is 4.93. The van der Waals surface area contributed by atoms with Gasteiger partial charge in [-0.05, 0) is 24.4 Å². The van der Waals surface area contributed by atoms with E-state index in [0.717, 1.165) is 0 Å². The fraction of sp³-hybridized carbons (Fsp3) is 0.111. The van der Waals surface area contributed by atoms with Gasteiger partial charge in [-0.1, -0.05) is 6.07 Å². The van der Waals surface area contributed by atoms with Gasteiger partial charge in [0.2, 0.25) is 0 Å². The van der Waals surface area contributed by atoms with Crippen molar-refractivity contribution in [3.8, 4) is 11.5 Å². The Morgan fingerprint density at radius 2 is 2.40 bits per heavy atom. The Hall–Kier alpha value is -1.82. The first-order valence-electron chi connectivity index (χ1n) is 4.09. The smallest absolute Gasteiger partial charge is 0.184 e. The lowest BCUT2D eigenvalue weighted by molar-refractivity contribution is 0.373. The van der Waals surface area contributed by atoms with Crippen molar-refractivity contribution in [1.29, 1.82) is 0 Å². The molecule has 0 bridgehead atoms. The van der Waals surface area contributed by atoms with Gasteiger partial charge in [0.15, 0.2) is 16.6 Å². The van der Waals surface area contributed by atoms with Gasteiger partial charge in [0.25, 0.3) is 0 Å². The van der Waals surface area contributed by atoms with Crippen LogP contribution in [0.25, 0.3) is 0 Å². The van der Waals surface area contributed by atoms with E-state index in [1.807, 2.05) is 0 Å². The predicted molar refractivity (Wildman–Crippen MR) is 62.2 cm³/mol. The Morgan fingerprint density at radius 3 is 3.00 bits per heavy atom. The number of phenolic OH excluding ortho intramolecular Hbond substituents is 1. The standard InChI is InChI=1S/C9H11N3O2S/c1-14-7-4-2-3-6(8(7)13)5-11-12-9(10)15/h2-5,13H,1H3,(H3,10,12,15)/b11-5+. The van der Waals surface area contributed by atoms with Gasteiger partial charge in [0.1, 0.15) is 0 Å². The number of thiocarbonyl (C=S) groups is 1. The first-order chi connectivity index (χ1) is 7.15. The van der Waals surface area contributed by atoms with Crippen molar-refractivity contribution in [3.05, 3.63) is 23.8 Å². The highest BCUT2D eigenvalue weighted by Crippen LogP contribution is 2.27. The first kappa shape index (κ1) is 11.3. The van der Waals surface area contributed by atoms with E-state index in [1.165, 1.54) is 13.3 Å². The van der Waals surface area contributed by atoms with Gasteiger partial charge < -0.3 is 15.6 Å². The molecule has 1 aromatic carbocycles. The minimum absolute atomic E-state index is 0.0217. The van der Waals surface area contributed by atoms with E-state index in [-0.39, 0.29) is 10.9 Å². The number of hydrogen-bond donors (Lipinski definition) is 3. The summed E-state index contributed by atoms with van der Waals surface area (Å²) in [6.45, 7) is 0. The molecule has 0 aromatic heterocycles. The fourth-order valence-electron chi connectivity index (χ4n) is 0.974. The molecule has 0 saturated heterocycles. The van der Waals surface area contributed by atoms with Crippen molar-refractivity contribution in [1.82, 2.24) is 5.43 Å². The molecule has 1 rings (SSSR count). The molecule has 0 atom stereocenters. The number of hydrazone groups is 1. The van der Waals surface area contributed by atoms with Crippen LogP contribution in [0.15, 0.2) is 23.3 Å². The van der Waals surface area contributed by atoms with Crippen LogP contribution in [0.3, 0.4) is 0 Å². The van der Waals surface area contributed by atoms with Gasteiger partial charge in [-0.15, -0.1) is 0 Å². The van der Waals surface area contributed by atoms with Crippen molar-refractivity contribution < 1.29 is 9.84 Å². The molecule has 15 heavy (non-hydrogen) atoms. The molecule has 4 N–H and O–H groups in total. The lowest BCUT2D eigenvalue weighted by Gasteiger charge is -2.04. The number of rotatable bonds is 3. The summed E-state index contributed by atoms with van der Waals surface area (Å²) in [6.07, 6.45) is 1.40. The van der Waals surface area contributed by atoms with Crippen LogP contribution in [0.2, 0.25) is 0 Å². The second-order valence-electron chi connectivity index (χ2n) is 2.63. The van der Waals surface area contributed by atoms with Crippen LogP contribution < -0.4 is 15.9 Å². The molecule has 0 radical (unpaired) electrons. The molecule has 0 unspecified atom stereocenters. The number of aromatic hydroxyl groups is 1. The van der Waals surface area contributed by atoms with Crippen LogP contribution in [-0.2, 0) is 0 Å². The SMILES string of the molecule is COc1cccc(/C=N/NC(N)=S)c1O. The van der Waals surface area contributed by atoms with Crippen molar-refractivity contribution in [2.24, 2.45) is 10.8 Å². The van der Waals surface area contributed by atoms with Crippen LogP contribution in [0, 0.1) is 0 Å². The summed E-state index contributed by atoms with van der Waals surface area (Å²) in [5.41, 5.74) is 8.07. The van der Waals surface area contributed by atoms with Crippen LogP contribution in [-0.4, -0.2) is 23.5 Å². The van der Waals surface area contributed by atoms with Gasteiger partial charge in [-0.3, -0.25) is 5.43 Å². The summed E-state index contributed by atoms with van der Waals surface area (Å²) in [6, 6.07) is 5.07. The molecule has 0 heterocycles. The number of ether oxygens (including phenoxy) is 1. The predicted octanol–water partition coefficient (Wildman–Crippen LogP) is 0.568. The maximum atomic E-state index is 9.65. The van der Waals surface area contributed by atoms with Gasteiger partial charge in [-0.2, -0.15) is 5.10 Å². The molecule has 5 nitrogen and oxygen atoms in total. The largest absolute Gasteiger partial charge is 0.504 e. The molecule has 0 amide bonds. The number of methoxy groups -OCH3 is 1. The van der Waals surface area contributed by atoms with Crippen LogP contribution in [0.5, 0.6) is 11.5 Å². The Bertz CT molecular complexity index is 393. The third kappa shape index (κ3) is 3.10. The number of nitrogens with one attached hydrogen (secondary N) is 1. The van der Waals surface area contributed by atoms with E-state index in [9.17, 15) is 5.11 Å². The number of nitrogens with two attached hydrogens (primary N) is 1. The highest BCUT2D eigenvalue weighted by molar-refractivity contribution is 7.80. The average molecular weight is 225 g/mol. The number of nitrogens with zero attached hydrogens (tertiary/aromatic N) is 1. The zero-order valence-corrected chi connectivity index (χ0v) is 8.91. The number of para-hydroxylation sites is 1. The highest BCUT2D eigenvalue weighted by atomic mass is 32.1. The molecular weight excluding hydrogens is 214 g/mol. The topological polar surface area (TPSA) is 79.9 Å². The van der Waals surface area contributed by atoms with E-state index >= 15 is 0 Å². The number of phenols is 1. The van der Waals surface area contributed by atoms with Crippen molar-refractivity contribution in [2.45, 2.75) is 0 Å². The molecule has 0 aliphatic rings. The Labute approximate surface area is 92.5 Å². The maximum absolute atomic E-state index is 9.65. The summed E-state index contributed by atoms with van der Waals surface area (Å²) >= 11 is 4.56. The zero-order valence-electron chi connectivity index (χ0n) is 8.10. The maximum Gasteiger partial charge on any atom is 0.184 e. The number of hydrogen-bond acceptors (Lipinski definition) is 4. The Kier molecular flexibility index (Phi) is 3.87. The van der Waals surface area contributed by atoms with E-state index in [4.69, 9.17) is 10.5 Å². The normalized spacial score (nSPS) is 10.2. The van der Waals surface area contributed by atoms with Crippen LogP contribution in [0.4, 0.5) is 0 Å². The minimum atomic E-state index is 0.0217. The average Bonchev–Trinajstić information content (AvgIpc) is 2.20. The second kappa shape index (κ2) is 5.16. The van der Waals surface area contributed by atoms with Gasteiger partial charge in [0, 0.05) is 5.56 Å². The first-order valence-corrected chi connectivity index (χ1v) is 4.50. The van der Waals surface area contributed by atoms with Gasteiger partial charge >= 0.3 is 0 Å². The van der Waals surface area contributed by atoms with E-state index in [2.05, 4.69) is 22.7 Å². The molecule has 80 valence electrons. The van der Waals surface area contributed by atoms with Crippen molar-refractivity contribution >= 4 is 23.5 Å². The summed E-state index contributed by atoms with van der Waals surface area (Å²) in [7, 11) is 1.48. The summed E-state index contributed by atoms with van der Waals surface area (Å²) in [4.78, 5) is 0. The minimum Gasteiger partial charge on any atom is -0.504 e. The monoisotopic (exact) mass is 225 g/mol. The molecule has 0 spiro atoms. The molecular formula is C9H11N3O2S. The van der Waals surface area contributed by atoms with Crippen LogP contribution >= 0.6 is 12.2 Å². The summed E-state index contributed by atoms with van der Waals surface area (Å²) in [5, 5.41) is 13.4. The molecule has 0 aliphatic heterocycles. The van der Waals surface area contributed by atoms with Crippen LogP contribution in [0.1, 0.15) is 5.56 Å². The van der Waals surface area contributed by atoms with Crippen molar-refractivity contribution in [2.75, 3.05) is 7.11 Å². The number of benzene rings is 1. The van der Waals surface area contributed by atoms with Gasteiger partial charge in [-0.25, -0.2) is 0 Å². The van der Waals surface area contributed by atoms with Crippen molar-refractivity contribution in [3.63, 3.8) is 0 Å². The Balaban J connectivity index is 2.85. The lowest BCUT2D eigenvalue weighted by Crippen LogP contribution is -2.23. The molecule has 0 aliphatic carbocycles. The lowest BCUT2D eigenvalue weighted by atomic mass is 10.2. The quantitative estimate of drug-likeness (QED) is 0.398. The third-order valence-corrected chi connectivity index (χ3v) is 1.72. The van der Waals surface area contributed by atoms with E-state index in [1.54, 1.807) is 18.2 Å². The Morgan fingerprint density at radius 1 is 1.67 bits per heavy atom.